The predicted molar refractivity (Wildman–Crippen MR) is 92.5 cm³/mol. The Morgan fingerprint density at radius 3 is 2.15 bits per heavy atom. The average Bonchev–Trinajstić information content (AvgIpc) is 2.36. The lowest BCUT2D eigenvalue weighted by Gasteiger charge is -2.27. The van der Waals surface area contributed by atoms with Crippen LogP contribution in [0.4, 0.5) is 0 Å². The van der Waals surface area contributed by atoms with Gasteiger partial charge in [0.05, 0.1) is 0 Å². The number of nitrogens with zero attached hydrogens (tertiary/aromatic N) is 2. The van der Waals surface area contributed by atoms with Crippen LogP contribution in [-0.2, 0) is 11.2 Å². The average molecular weight is 307 g/mol. The van der Waals surface area contributed by atoms with Crippen molar-refractivity contribution in [2.75, 3.05) is 0 Å². The fourth-order valence-electron chi connectivity index (χ4n) is 2.23. The van der Waals surface area contributed by atoms with Gasteiger partial charge in [-0.15, -0.1) is 0 Å². The summed E-state index contributed by atoms with van der Waals surface area (Å²) in [5.41, 5.74) is 2.03. The van der Waals surface area contributed by atoms with E-state index in [2.05, 4.69) is 30.5 Å². The van der Waals surface area contributed by atoms with Crippen LogP contribution in [-0.4, -0.2) is 33.8 Å². The van der Waals surface area contributed by atoms with Crippen molar-refractivity contribution < 1.29 is 4.79 Å². The van der Waals surface area contributed by atoms with E-state index in [0.717, 1.165) is 11.3 Å². The summed E-state index contributed by atoms with van der Waals surface area (Å²) in [6, 6.07) is 9.91. The summed E-state index contributed by atoms with van der Waals surface area (Å²) < 4.78 is 2.32. The van der Waals surface area contributed by atoms with Crippen LogP contribution >= 0.6 is 0 Å². The van der Waals surface area contributed by atoms with Gasteiger partial charge in [-0.1, -0.05) is 56.5 Å². The Labute approximate surface area is 126 Å². The Bertz CT molecular complexity index is 450. The Hall–Kier alpha value is -1.21. The highest BCUT2D eigenvalue weighted by Crippen LogP contribution is 2.05. The van der Waals surface area contributed by atoms with Crippen LogP contribution < -0.4 is 0 Å². The molecule has 0 fully saturated rings. The summed E-state index contributed by atoms with van der Waals surface area (Å²) in [7, 11) is -1.83. The van der Waals surface area contributed by atoms with Gasteiger partial charge in [0.15, 0.2) is 0 Å². The van der Waals surface area contributed by atoms with Gasteiger partial charge in [0.1, 0.15) is 23.7 Å². The molecule has 0 unspecified atom stereocenters. The third-order valence-corrected chi connectivity index (χ3v) is 8.97. The van der Waals surface area contributed by atoms with E-state index in [0.29, 0.717) is 12.8 Å². The van der Waals surface area contributed by atoms with Crippen molar-refractivity contribution >= 4 is 29.4 Å². The van der Waals surface area contributed by atoms with Crippen molar-refractivity contribution in [1.29, 1.82) is 0 Å². The van der Waals surface area contributed by atoms with Crippen molar-refractivity contribution in [3.05, 3.63) is 35.9 Å². The number of ketones is 1. The molecule has 1 aromatic rings. The number of hydrogen-bond donors (Lipinski definition) is 0. The molecule has 1 aromatic carbocycles. The van der Waals surface area contributed by atoms with Gasteiger partial charge < -0.3 is 4.34 Å². The van der Waals surface area contributed by atoms with Gasteiger partial charge in [-0.25, -0.2) is 5.10 Å². The minimum atomic E-state index is -0.917. The lowest BCUT2D eigenvalue weighted by molar-refractivity contribution is -0.117. The van der Waals surface area contributed by atoms with E-state index in [1.807, 2.05) is 37.3 Å². The number of hydrazone groups is 1. The van der Waals surface area contributed by atoms with Crippen molar-refractivity contribution in [3.8, 4) is 0 Å². The number of Topliss-reactive ketones (excluding diaryl/α,β-unsaturated/α-hetero) is 1. The SMILES string of the molecule is CC(CC(=O)Cc1ccccc1)=NN([SiH](C)C)[SiH](C)C. The van der Waals surface area contributed by atoms with Crippen LogP contribution in [0.2, 0.25) is 26.2 Å². The Morgan fingerprint density at radius 1 is 1.10 bits per heavy atom. The van der Waals surface area contributed by atoms with E-state index in [9.17, 15) is 4.79 Å². The molecule has 0 aromatic heterocycles. The van der Waals surface area contributed by atoms with E-state index in [4.69, 9.17) is 5.10 Å². The molecule has 110 valence electrons. The molecule has 0 spiro atoms. The molecule has 0 heterocycles. The molecule has 0 aliphatic rings. The standard InChI is InChI=1S/C15H26N2OSi2/c1-13(16-17(19(2)3)20(4)5)11-15(18)12-14-9-7-6-8-10-14/h6-10,19-20H,11-12H2,1-5H3. The first-order valence-electron chi connectivity index (χ1n) is 7.28. The Balaban J connectivity index is 2.60. The van der Waals surface area contributed by atoms with Gasteiger partial charge in [0.25, 0.3) is 0 Å². The number of benzene rings is 1. The van der Waals surface area contributed by atoms with Gasteiger partial charge >= 0.3 is 0 Å². The summed E-state index contributed by atoms with van der Waals surface area (Å²) in [4.78, 5) is 12.1. The van der Waals surface area contributed by atoms with Crippen LogP contribution in [0, 0.1) is 0 Å². The van der Waals surface area contributed by atoms with Gasteiger partial charge in [-0.05, 0) is 12.5 Å². The molecule has 0 aliphatic carbocycles. The molecule has 0 amide bonds. The minimum absolute atomic E-state index is 0.244. The van der Waals surface area contributed by atoms with Crippen LogP contribution in [0.3, 0.4) is 0 Å². The third kappa shape index (κ3) is 5.84. The fraction of sp³-hybridized carbons (Fsp3) is 0.467. The third-order valence-electron chi connectivity index (χ3n) is 3.04. The normalized spacial score (nSPS) is 12.1. The largest absolute Gasteiger partial charge is 0.355 e. The number of carbonyl (C=O) groups excluding carboxylic acids is 1. The lowest BCUT2D eigenvalue weighted by Crippen LogP contribution is -2.39. The molecule has 1 rings (SSSR count). The monoisotopic (exact) mass is 306 g/mol. The fourth-order valence-corrected chi connectivity index (χ4v) is 7.86. The molecule has 3 nitrogen and oxygen atoms in total. The zero-order valence-corrected chi connectivity index (χ0v) is 15.6. The number of rotatable bonds is 7. The Morgan fingerprint density at radius 2 is 1.65 bits per heavy atom. The second-order valence-electron chi connectivity index (χ2n) is 5.78. The smallest absolute Gasteiger partial charge is 0.144 e. The molecule has 0 aliphatic heterocycles. The molecular weight excluding hydrogens is 280 g/mol. The van der Waals surface area contributed by atoms with E-state index >= 15 is 0 Å². The maximum atomic E-state index is 12.1. The second kappa shape index (κ2) is 8.16. The minimum Gasteiger partial charge on any atom is -0.355 e. The van der Waals surface area contributed by atoms with Crippen LogP contribution in [0.15, 0.2) is 35.4 Å². The zero-order valence-electron chi connectivity index (χ0n) is 13.3. The highest BCUT2D eigenvalue weighted by atomic mass is 28.3. The summed E-state index contributed by atoms with van der Waals surface area (Å²) in [5.74, 6) is 0.244. The van der Waals surface area contributed by atoms with E-state index in [1.165, 1.54) is 0 Å². The second-order valence-corrected chi connectivity index (χ2v) is 11.8. The zero-order chi connectivity index (χ0) is 15.1. The predicted octanol–water partition coefficient (Wildman–Crippen LogP) is 2.83. The molecule has 20 heavy (non-hydrogen) atoms. The van der Waals surface area contributed by atoms with Crippen molar-refractivity contribution in [1.82, 2.24) is 4.34 Å². The van der Waals surface area contributed by atoms with Crippen LogP contribution in [0.5, 0.6) is 0 Å². The van der Waals surface area contributed by atoms with E-state index in [1.54, 1.807) is 0 Å². The van der Waals surface area contributed by atoms with Gasteiger partial charge in [-0.2, -0.15) is 0 Å². The highest BCUT2D eigenvalue weighted by Gasteiger charge is 2.14. The molecule has 0 radical (unpaired) electrons. The van der Waals surface area contributed by atoms with Gasteiger partial charge in [0, 0.05) is 18.6 Å². The molecule has 0 atom stereocenters. The summed E-state index contributed by atoms with van der Waals surface area (Å²) in [6.07, 6.45) is 0.972. The lowest BCUT2D eigenvalue weighted by atomic mass is 10.1. The maximum absolute atomic E-state index is 12.1. The molecule has 5 heteroatoms. The quantitative estimate of drug-likeness (QED) is 0.441. The topological polar surface area (TPSA) is 32.7 Å². The maximum Gasteiger partial charge on any atom is 0.144 e. The summed E-state index contributed by atoms with van der Waals surface area (Å²) in [5, 5.41) is 4.71. The highest BCUT2D eigenvalue weighted by molar-refractivity contribution is 6.69. The first-order chi connectivity index (χ1) is 9.40. The summed E-state index contributed by atoms with van der Waals surface area (Å²) in [6.45, 7) is 11.1. The van der Waals surface area contributed by atoms with Gasteiger partial charge in [-0.3, -0.25) is 4.79 Å². The molecule has 0 saturated heterocycles. The van der Waals surface area contributed by atoms with Crippen molar-refractivity contribution in [3.63, 3.8) is 0 Å². The number of carbonyl (C=O) groups is 1. The first-order valence-corrected chi connectivity index (χ1v) is 12.9. The van der Waals surface area contributed by atoms with Crippen LogP contribution in [0.1, 0.15) is 18.9 Å². The molecule has 0 N–H and O–H groups in total. The first kappa shape index (κ1) is 16.8. The number of hydrogen-bond acceptors (Lipinski definition) is 3. The molecule has 0 bridgehead atoms. The van der Waals surface area contributed by atoms with Crippen molar-refractivity contribution in [2.45, 2.75) is 46.0 Å². The van der Waals surface area contributed by atoms with Crippen LogP contribution in [0.25, 0.3) is 0 Å². The molecular formula is C15H26N2OSi2. The molecule has 0 saturated carbocycles. The van der Waals surface area contributed by atoms with Gasteiger partial charge in [0.2, 0.25) is 0 Å². The van der Waals surface area contributed by atoms with Crippen molar-refractivity contribution in [2.24, 2.45) is 5.10 Å². The summed E-state index contributed by atoms with van der Waals surface area (Å²) >= 11 is 0. The Kier molecular flexibility index (Phi) is 6.88. The van der Waals surface area contributed by atoms with E-state index in [-0.39, 0.29) is 5.78 Å². The van der Waals surface area contributed by atoms with E-state index < -0.39 is 17.9 Å².